The van der Waals surface area contributed by atoms with Crippen LogP contribution in [0, 0.1) is 16.7 Å². The Bertz CT molecular complexity index is 472. The summed E-state index contributed by atoms with van der Waals surface area (Å²) in [5.74, 6) is -0.198. The molecule has 2 N–H and O–H groups in total. The second-order valence-electron chi connectivity index (χ2n) is 5.56. The molecule has 4 nitrogen and oxygen atoms in total. The molecule has 0 aliphatic carbocycles. The summed E-state index contributed by atoms with van der Waals surface area (Å²) in [6, 6.07) is 9.71. The van der Waals surface area contributed by atoms with Crippen molar-refractivity contribution in [3.63, 3.8) is 0 Å². The molecule has 0 spiro atoms. The molecule has 0 bridgehead atoms. The van der Waals surface area contributed by atoms with Gasteiger partial charge in [-0.25, -0.2) is 0 Å². The van der Waals surface area contributed by atoms with Crippen LogP contribution in [0.2, 0.25) is 0 Å². The van der Waals surface area contributed by atoms with Crippen LogP contribution < -0.4 is 5.73 Å². The van der Waals surface area contributed by atoms with Gasteiger partial charge in [0.1, 0.15) is 0 Å². The number of carbonyl (C=O) groups is 1. The lowest BCUT2D eigenvalue weighted by Crippen LogP contribution is -2.12. The smallest absolute Gasteiger partial charge is 0.306 e. The molecular formula is C16H22N2O2. The highest BCUT2D eigenvalue weighted by Gasteiger charge is 2.16. The van der Waals surface area contributed by atoms with E-state index in [2.05, 4.69) is 6.07 Å². The largest absolute Gasteiger partial charge is 0.466 e. The number of carbonyl (C=O) groups excluding carboxylic acids is 1. The summed E-state index contributed by atoms with van der Waals surface area (Å²) < 4.78 is 5.15. The van der Waals surface area contributed by atoms with Crippen LogP contribution in [-0.2, 0) is 16.0 Å². The van der Waals surface area contributed by atoms with Gasteiger partial charge in [-0.05, 0) is 50.8 Å². The Hall–Kier alpha value is -2.02. The van der Waals surface area contributed by atoms with E-state index in [0.717, 1.165) is 17.7 Å². The summed E-state index contributed by atoms with van der Waals surface area (Å²) >= 11 is 0. The van der Waals surface area contributed by atoms with Gasteiger partial charge >= 0.3 is 5.97 Å². The summed E-state index contributed by atoms with van der Waals surface area (Å²) in [7, 11) is 0. The number of nitrogens with zero attached hydrogens (tertiary/aromatic N) is 1. The average molecular weight is 274 g/mol. The van der Waals surface area contributed by atoms with Crippen LogP contribution >= 0.6 is 0 Å². The lowest BCUT2D eigenvalue weighted by molar-refractivity contribution is -0.143. The molecule has 0 saturated carbocycles. The number of aryl methyl sites for hydroxylation is 1. The van der Waals surface area contributed by atoms with Gasteiger partial charge in [0.15, 0.2) is 0 Å². The molecule has 0 saturated heterocycles. The lowest BCUT2D eigenvalue weighted by atomic mass is 9.90. The number of nitriles is 1. The molecule has 108 valence electrons. The predicted octanol–water partition coefficient (Wildman–Crippen LogP) is 3.07. The van der Waals surface area contributed by atoms with Crippen LogP contribution in [0.5, 0.6) is 0 Å². The molecule has 0 aliphatic heterocycles. The maximum absolute atomic E-state index is 11.6. The number of hydrogen-bond donors (Lipinski definition) is 1. The topological polar surface area (TPSA) is 76.1 Å². The van der Waals surface area contributed by atoms with Gasteiger partial charge in [-0.3, -0.25) is 4.79 Å². The summed E-state index contributed by atoms with van der Waals surface area (Å²) in [6.07, 6.45) is 2.47. The van der Waals surface area contributed by atoms with Crippen LogP contribution in [0.15, 0.2) is 24.3 Å². The van der Waals surface area contributed by atoms with E-state index in [1.807, 2.05) is 38.1 Å². The fourth-order valence-corrected chi connectivity index (χ4v) is 1.76. The number of ether oxygens (including phenoxy) is 1. The number of benzene rings is 1. The van der Waals surface area contributed by atoms with Gasteiger partial charge in [-0.15, -0.1) is 0 Å². The van der Waals surface area contributed by atoms with Crippen molar-refractivity contribution in [3.8, 4) is 6.07 Å². The second kappa shape index (κ2) is 7.54. The Labute approximate surface area is 120 Å². The van der Waals surface area contributed by atoms with Crippen molar-refractivity contribution in [2.24, 2.45) is 5.41 Å². The van der Waals surface area contributed by atoms with Gasteiger partial charge < -0.3 is 10.5 Å². The molecule has 0 amide bonds. The zero-order chi connectivity index (χ0) is 15.0. The van der Waals surface area contributed by atoms with Crippen molar-refractivity contribution >= 4 is 11.7 Å². The molecule has 20 heavy (non-hydrogen) atoms. The minimum atomic E-state index is -0.351. The molecule has 0 heterocycles. The van der Waals surface area contributed by atoms with Crippen LogP contribution in [0.25, 0.3) is 0 Å². The number of nitrogen functional groups attached to an aromatic ring is 1. The molecule has 0 radical (unpaired) electrons. The third-order valence-corrected chi connectivity index (χ3v) is 3.11. The number of rotatable bonds is 7. The van der Waals surface area contributed by atoms with Crippen molar-refractivity contribution < 1.29 is 9.53 Å². The van der Waals surface area contributed by atoms with Crippen molar-refractivity contribution in [1.29, 1.82) is 5.26 Å². The van der Waals surface area contributed by atoms with E-state index in [0.29, 0.717) is 25.9 Å². The Morgan fingerprint density at radius 3 is 2.60 bits per heavy atom. The van der Waals surface area contributed by atoms with Crippen LogP contribution in [0.1, 0.15) is 38.7 Å². The third kappa shape index (κ3) is 6.24. The fourth-order valence-electron chi connectivity index (χ4n) is 1.76. The van der Waals surface area contributed by atoms with Crippen molar-refractivity contribution in [3.05, 3.63) is 29.8 Å². The first kappa shape index (κ1) is 16.0. The summed E-state index contributed by atoms with van der Waals surface area (Å²) in [4.78, 5) is 11.6. The van der Waals surface area contributed by atoms with Crippen molar-refractivity contribution in [1.82, 2.24) is 0 Å². The normalized spacial score (nSPS) is 10.8. The number of hydrogen-bond acceptors (Lipinski definition) is 4. The van der Waals surface area contributed by atoms with Gasteiger partial charge in [0.25, 0.3) is 0 Å². The quantitative estimate of drug-likeness (QED) is 0.471. The van der Waals surface area contributed by atoms with Crippen LogP contribution in [0.3, 0.4) is 0 Å². The highest BCUT2D eigenvalue weighted by atomic mass is 16.5. The first-order valence-electron chi connectivity index (χ1n) is 6.84. The third-order valence-electron chi connectivity index (χ3n) is 3.11. The maximum atomic E-state index is 11.6. The Morgan fingerprint density at radius 2 is 2.00 bits per heavy atom. The molecule has 1 rings (SSSR count). The Balaban J connectivity index is 2.18. The van der Waals surface area contributed by atoms with E-state index < -0.39 is 0 Å². The molecular weight excluding hydrogens is 252 g/mol. The van der Waals surface area contributed by atoms with E-state index in [9.17, 15) is 4.79 Å². The lowest BCUT2D eigenvalue weighted by Gasteiger charge is -2.14. The molecule has 4 heteroatoms. The second-order valence-corrected chi connectivity index (χ2v) is 5.56. The molecule has 0 fully saturated rings. The molecule has 0 atom stereocenters. The van der Waals surface area contributed by atoms with Gasteiger partial charge in [0.05, 0.1) is 18.1 Å². The van der Waals surface area contributed by atoms with Crippen molar-refractivity contribution in [2.45, 2.75) is 39.5 Å². The highest BCUT2D eigenvalue weighted by Crippen LogP contribution is 2.20. The highest BCUT2D eigenvalue weighted by molar-refractivity contribution is 5.69. The van der Waals surface area contributed by atoms with Gasteiger partial charge in [-0.2, -0.15) is 5.26 Å². The minimum Gasteiger partial charge on any atom is -0.466 e. The minimum absolute atomic E-state index is 0.198. The van der Waals surface area contributed by atoms with E-state index in [4.69, 9.17) is 15.7 Å². The number of nitrogens with two attached hydrogens (primary N) is 1. The fraction of sp³-hybridized carbons (Fsp3) is 0.500. The summed E-state index contributed by atoms with van der Waals surface area (Å²) in [6.45, 7) is 4.15. The zero-order valence-electron chi connectivity index (χ0n) is 12.2. The van der Waals surface area contributed by atoms with E-state index in [1.54, 1.807) is 0 Å². The molecule has 0 aromatic heterocycles. The molecule has 0 unspecified atom stereocenters. The Morgan fingerprint density at radius 1 is 1.35 bits per heavy atom. The number of esters is 1. The SMILES string of the molecule is CC(C)(C#N)CCCOC(=O)CCc1ccc(N)cc1. The van der Waals surface area contributed by atoms with Crippen LogP contribution in [0.4, 0.5) is 5.69 Å². The summed E-state index contributed by atoms with van der Waals surface area (Å²) in [5, 5.41) is 8.87. The predicted molar refractivity (Wildman–Crippen MR) is 78.8 cm³/mol. The number of anilines is 1. The van der Waals surface area contributed by atoms with Gasteiger partial charge in [0, 0.05) is 12.1 Å². The molecule has 1 aromatic rings. The first-order chi connectivity index (χ1) is 9.43. The van der Waals surface area contributed by atoms with Crippen molar-refractivity contribution in [2.75, 3.05) is 12.3 Å². The maximum Gasteiger partial charge on any atom is 0.306 e. The van der Waals surface area contributed by atoms with E-state index >= 15 is 0 Å². The van der Waals surface area contributed by atoms with E-state index in [-0.39, 0.29) is 11.4 Å². The Kier molecular flexibility index (Phi) is 6.05. The molecule has 1 aromatic carbocycles. The first-order valence-corrected chi connectivity index (χ1v) is 6.84. The monoisotopic (exact) mass is 274 g/mol. The summed E-state index contributed by atoms with van der Waals surface area (Å²) in [5.41, 5.74) is 7.03. The van der Waals surface area contributed by atoms with E-state index in [1.165, 1.54) is 0 Å². The standard InChI is InChI=1S/C16H22N2O2/c1-16(2,12-17)10-3-11-20-15(19)9-6-13-4-7-14(18)8-5-13/h4-5,7-8H,3,6,9-11,18H2,1-2H3. The van der Waals surface area contributed by atoms with Crippen LogP contribution in [-0.4, -0.2) is 12.6 Å². The average Bonchev–Trinajstić information content (AvgIpc) is 2.43. The molecule has 0 aliphatic rings. The van der Waals surface area contributed by atoms with Gasteiger partial charge in [-0.1, -0.05) is 12.1 Å². The zero-order valence-corrected chi connectivity index (χ0v) is 12.2. The van der Waals surface area contributed by atoms with Gasteiger partial charge in [0.2, 0.25) is 0 Å².